The summed E-state index contributed by atoms with van der Waals surface area (Å²) < 4.78 is 0. The molecule has 0 spiro atoms. The van der Waals surface area contributed by atoms with Gasteiger partial charge >= 0.3 is 0 Å². The Bertz CT molecular complexity index is 111. The Labute approximate surface area is 110 Å². The molecule has 18 heavy (non-hydrogen) atoms. The molecule has 0 radical (unpaired) electrons. The second kappa shape index (κ2) is 30.0. The lowest BCUT2D eigenvalue weighted by Gasteiger charge is -1.86. The summed E-state index contributed by atoms with van der Waals surface area (Å²) in [7, 11) is 0. The van der Waals surface area contributed by atoms with E-state index in [4.69, 9.17) is 26.8 Å². The van der Waals surface area contributed by atoms with Crippen LogP contribution in [0.5, 0.6) is 0 Å². The van der Waals surface area contributed by atoms with Crippen molar-refractivity contribution in [3.05, 3.63) is 0 Å². The second-order valence-corrected chi connectivity index (χ2v) is 3.47. The molecule has 6 nitrogen and oxygen atoms in total. The average molecular weight is 266 g/mol. The smallest absolute Gasteiger partial charge is 0.120 e. The molecule has 0 atom stereocenters. The van der Waals surface area contributed by atoms with Crippen molar-refractivity contribution in [2.24, 2.45) is 11.5 Å². The summed E-state index contributed by atoms with van der Waals surface area (Å²) in [6.45, 7) is 2.06. The summed E-state index contributed by atoms with van der Waals surface area (Å²) in [5.74, 6) is 0. The zero-order valence-electron chi connectivity index (χ0n) is 11.3. The normalized spacial score (nSPS) is 8.72. The van der Waals surface area contributed by atoms with Crippen LogP contribution in [0.4, 0.5) is 0 Å². The molecule has 0 rings (SSSR count). The molecule has 0 heterocycles. The number of hydrogen-bond donors (Lipinski definition) is 5. The number of rotatable bonds is 9. The third-order valence-corrected chi connectivity index (χ3v) is 1.70. The van der Waals surface area contributed by atoms with Gasteiger partial charge in [0.15, 0.2) is 0 Å². The van der Waals surface area contributed by atoms with Crippen LogP contribution in [0, 0.1) is 0 Å². The number of carbonyl (C=O) groups excluding carboxylic acids is 1. The van der Waals surface area contributed by atoms with Gasteiger partial charge in [0.05, 0.1) is 0 Å². The van der Waals surface area contributed by atoms with Crippen molar-refractivity contribution in [3.8, 4) is 0 Å². The number of hydrogen-bond acceptors (Lipinski definition) is 6. The van der Waals surface area contributed by atoms with Crippen molar-refractivity contribution >= 4 is 6.29 Å². The zero-order chi connectivity index (χ0) is 14.5. The monoisotopic (exact) mass is 266 g/mol. The number of nitrogens with two attached hydrogens (primary N) is 2. The van der Waals surface area contributed by atoms with E-state index in [1.165, 1.54) is 0 Å². The maximum Gasteiger partial charge on any atom is 0.120 e. The van der Waals surface area contributed by atoms with E-state index >= 15 is 0 Å². The maximum atomic E-state index is 9.45. The molecule has 0 amide bonds. The highest BCUT2D eigenvalue weighted by Crippen LogP contribution is 1.79. The fourth-order valence-electron chi connectivity index (χ4n) is 0.687. The van der Waals surface area contributed by atoms with E-state index in [2.05, 4.69) is 0 Å². The van der Waals surface area contributed by atoms with Gasteiger partial charge in [0.1, 0.15) is 6.29 Å². The van der Waals surface area contributed by atoms with Crippen LogP contribution < -0.4 is 11.5 Å². The van der Waals surface area contributed by atoms with Gasteiger partial charge in [-0.2, -0.15) is 0 Å². The Morgan fingerprint density at radius 3 is 1.22 bits per heavy atom. The Hall–Kier alpha value is -0.530. The van der Waals surface area contributed by atoms with Crippen molar-refractivity contribution < 1.29 is 20.1 Å². The molecule has 0 aromatic rings. The van der Waals surface area contributed by atoms with Gasteiger partial charge in [-0.3, -0.25) is 0 Å². The van der Waals surface area contributed by atoms with Gasteiger partial charge < -0.3 is 31.6 Å². The van der Waals surface area contributed by atoms with E-state index in [1.54, 1.807) is 0 Å². The molecule has 0 aromatic carbocycles. The van der Waals surface area contributed by atoms with Gasteiger partial charge in [-0.1, -0.05) is 0 Å². The SMILES string of the molecule is NCCCCO.NCCCCO.O=CCCCO. The van der Waals surface area contributed by atoms with Crippen molar-refractivity contribution in [2.45, 2.75) is 38.5 Å². The van der Waals surface area contributed by atoms with Gasteiger partial charge in [0.2, 0.25) is 0 Å². The summed E-state index contributed by atoms with van der Waals surface area (Å²) in [5, 5.41) is 24.3. The summed E-state index contributed by atoms with van der Waals surface area (Å²) in [6, 6.07) is 0. The number of unbranched alkanes of at least 4 members (excludes halogenated alkanes) is 3. The lowest BCUT2D eigenvalue weighted by atomic mass is 10.3. The quantitative estimate of drug-likeness (QED) is 0.280. The van der Waals surface area contributed by atoms with Gasteiger partial charge in [-0.05, 0) is 45.2 Å². The third kappa shape index (κ3) is 45.2. The first kappa shape index (κ1) is 22.6. The first-order chi connectivity index (χ1) is 8.74. The number of aliphatic hydroxyl groups is 3. The number of aldehydes is 1. The highest BCUT2D eigenvalue weighted by Gasteiger charge is 1.77. The van der Waals surface area contributed by atoms with Crippen LogP contribution >= 0.6 is 0 Å². The summed E-state index contributed by atoms with van der Waals surface area (Å²) in [6.07, 6.45) is 5.45. The van der Waals surface area contributed by atoms with Crippen molar-refractivity contribution in [2.75, 3.05) is 32.9 Å². The average Bonchev–Trinajstić information content (AvgIpc) is 2.42. The standard InChI is InChI=1S/2C4H11NO.C4H8O2/c3*5-3-1-2-4-6/h2*6H,1-5H2;3,6H,1-2,4H2. The van der Waals surface area contributed by atoms with Crippen LogP contribution in [0.1, 0.15) is 38.5 Å². The molecule has 112 valence electrons. The minimum absolute atomic E-state index is 0.124. The van der Waals surface area contributed by atoms with Crippen molar-refractivity contribution in [1.29, 1.82) is 0 Å². The topological polar surface area (TPSA) is 130 Å². The molecule has 0 aromatic heterocycles. The first-order valence-electron chi connectivity index (χ1n) is 6.41. The van der Waals surface area contributed by atoms with Crippen molar-refractivity contribution in [1.82, 2.24) is 0 Å². The second-order valence-electron chi connectivity index (χ2n) is 3.47. The van der Waals surface area contributed by atoms with Crippen LogP contribution in [0.3, 0.4) is 0 Å². The van der Waals surface area contributed by atoms with E-state index in [1.807, 2.05) is 0 Å². The van der Waals surface area contributed by atoms with Crippen LogP contribution in [-0.4, -0.2) is 54.5 Å². The van der Waals surface area contributed by atoms with Gasteiger partial charge in [0.25, 0.3) is 0 Å². The minimum atomic E-state index is 0.124. The predicted octanol–water partition coefficient (Wildman–Crippen LogP) is -0.607. The van der Waals surface area contributed by atoms with E-state index in [-0.39, 0.29) is 19.8 Å². The van der Waals surface area contributed by atoms with Crippen molar-refractivity contribution in [3.63, 3.8) is 0 Å². The molecule has 0 unspecified atom stereocenters. The van der Waals surface area contributed by atoms with Gasteiger partial charge in [-0.15, -0.1) is 0 Å². The number of carbonyl (C=O) groups is 1. The van der Waals surface area contributed by atoms with E-state index in [0.29, 0.717) is 25.9 Å². The molecule has 0 aliphatic rings. The molecule has 0 saturated carbocycles. The highest BCUT2D eigenvalue weighted by atomic mass is 16.3. The molecule has 6 heteroatoms. The Morgan fingerprint density at radius 1 is 0.722 bits per heavy atom. The molecular formula is C12H30N2O4. The summed E-state index contributed by atoms with van der Waals surface area (Å²) >= 11 is 0. The van der Waals surface area contributed by atoms with Crippen LogP contribution in [0.25, 0.3) is 0 Å². The van der Waals surface area contributed by atoms with Gasteiger partial charge in [-0.25, -0.2) is 0 Å². The lowest BCUT2D eigenvalue weighted by molar-refractivity contribution is -0.108. The fourth-order valence-corrected chi connectivity index (χ4v) is 0.687. The Balaban J connectivity index is -0.000000187. The molecule has 7 N–H and O–H groups in total. The number of aliphatic hydroxyl groups excluding tert-OH is 3. The van der Waals surface area contributed by atoms with E-state index in [0.717, 1.165) is 32.0 Å². The lowest BCUT2D eigenvalue weighted by Crippen LogP contribution is -1.98. The fraction of sp³-hybridized carbons (Fsp3) is 0.917. The molecule has 0 aliphatic heterocycles. The summed E-state index contributed by atoms with van der Waals surface area (Å²) in [4.78, 5) is 9.45. The first-order valence-corrected chi connectivity index (χ1v) is 6.41. The summed E-state index contributed by atoms with van der Waals surface area (Å²) in [5.41, 5.74) is 10.2. The van der Waals surface area contributed by atoms with Gasteiger partial charge in [0, 0.05) is 26.2 Å². The largest absolute Gasteiger partial charge is 0.396 e. The maximum absolute atomic E-state index is 9.45. The highest BCUT2D eigenvalue weighted by molar-refractivity contribution is 5.48. The molecular weight excluding hydrogens is 236 g/mol. The zero-order valence-corrected chi connectivity index (χ0v) is 11.3. The van der Waals surface area contributed by atoms with Crippen LogP contribution in [0.15, 0.2) is 0 Å². The molecule has 0 saturated heterocycles. The molecule has 0 aliphatic carbocycles. The third-order valence-electron chi connectivity index (χ3n) is 1.70. The Morgan fingerprint density at radius 2 is 1.11 bits per heavy atom. The van der Waals surface area contributed by atoms with Crippen LogP contribution in [-0.2, 0) is 4.79 Å². The van der Waals surface area contributed by atoms with E-state index < -0.39 is 0 Å². The minimum Gasteiger partial charge on any atom is -0.396 e. The molecule has 0 fully saturated rings. The van der Waals surface area contributed by atoms with Crippen LogP contribution in [0.2, 0.25) is 0 Å². The Kier molecular flexibility index (Phi) is 37.7. The van der Waals surface area contributed by atoms with E-state index in [9.17, 15) is 4.79 Å². The molecule has 0 bridgehead atoms. The predicted molar refractivity (Wildman–Crippen MR) is 73.1 cm³/mol.